The predicted molar refractivity (Wildman–Crippen MR) is 137 cm³/mol. The van der Waals surface area contributed by atoms with Crippen molar-refractivity contribution in [3.05, 3.63) is 65.2 Å². The Labute approximate surface area is 205 Å². The fourth-order valence-electron chi connectivity index (χ4n) is 4.99. The van der Waals surface area contributed by atoms with Gasteiger partial charge in [0.15, 0.2) is 0 Å². The van der Waals surface area contributed by atoms with Crippen molar-refractivity contribution in [3.63, 3.8) is 0 Å². The van der Waals surface area contributed by atoms with Crippen molar-refractivity contribution in [2.75, 3.05) is 6.54 Å². The Morgan fingerprint density at radius 1 is 1.03 bits per heavy atom. The zero-order chi connectivity index (χ0) is 23.1. The molecule has 0 aromatic heterocycles. The van der Waals surface area contributed by atoms with E-state index < -0.39 is 0 Å². The Bertz CT molecular complexity index is 855. The van der Waals surface area contributed by atoms with E-state index in [0.717, 1.165) is 49.8 Å². The lowest BCUT2D eigenvalue weighted by Crippen LogP contribution is -2.38. The third kappa shape index (κ3) is 7.30. The lowest BCUT2D eigenvalue weighted by Gasteiger charge is -2.32. The van der Waals surface area contributed by atoms with Gasteiger partial charge in [0.05, 0.1) is 12.5 Å². The number of esters is 1. The molecule has 0 amide bonds. The molecule has 1 aliphatic rings. The van der Waals surface area contributed by atoms with Gasteiger partial charge in [0.1, 0.15) is 5.75 Å². The average molecular weight is 474 g/mol. The maximum absolute atomic E-state index is 12.8. The molecule has 1 N–H and O–H groups in total. The molecule has 2 aromatic carbocycles. The van der Waals surface area contributed by atoms with Crippen LogP contribution in [0, 0.1) is 5.92 Å². The summed E-state index contributed by atoms with van der Waals surface area (Å²) in [6.45, 7) is 9.85. The van der Waals surface area contributed by atoms with Crippen molar-refractivity contribution >= 4 is 18.4 Å². The minimum Gasteiger partial charge on any atom is -0.426 e. The number of hydrogen-bond acceptors (Lipinski definition) is 4. The largest absolute Gasteiger partial charge is 0.426 e. The molecule has 1 fully saturated rings. The molecule has 4 nitrogen and oxygen atoms in total. The molecule has 0 spiro atoms. The SMILES string of the molecule is CC(C)N(CCC(c1ccccc1)c1cc(CO)ccc1OC(=O)C1CCCC1)C(C)C.Cl. The van der Waals surface area contributed by atoms with Crippen molar-refractivity contribution < 1.29 is 14.6 Å². The van der Waals surface area contributed by atoms with E-state index in [1.807, 2.05) is 24.3 Å². The van der Waals surface area contributed by atoms with Crippen molar-refractivity contribution in [1.29, 1.82) is 0 Å². The van der Waals surface area contributed by atoms with E-state index in [-0.39, 0.29) is 36.8 Å². The Kier molecular flexibility index (Phi) is 10.9. The minimum atomic E-state index is -0.113. The summed E-state index contributed by atoms with van der Waals surface area (Å²) in [5, 5.41) is 9.81. The van der Waals surface area contributed by atoms with Crippen LogP contribution in [0.4, 0.5) is 0 Å². The van der Waals surface area contributed by atoms with Crippen LogP contribution in [-0.2, 0) is 11.4 Å². The third-order valence-corrected chi connectivity index (χ3v) is 6.74. The number of rotatable bonds is 10. The molecule has 5 heteroatoms. The van der Waals surface area contributed by atoms with Crippen LogP contribution in [0.3, 0.4) is 0 Å². The number of aliphatic hydroxyl groups excluding tert-OH is 1. The summed E-state index contributed by atoms with van der Waals surface area (Å²) in [5.41, 5.74) is 3.03. The average Bonchev–Trinajstić information content (AvgIpc) is 3.32. The third-order valence-electron chi connectivity index (χ3n) is 6.74. The molecular formula is C28H40ClNO3. The molecule has 3 rings (SSSR count). The van der Waals surface area contributed by atoms with Gasteiger partial charge in [-0.1, -0.05) is 49.2 Å². The second-order valence-corrected chi connectivity index (χ2v) is 9.61. The number of benzene rings is 2. The molecular weight excluding hydrogens is 434 g/mol. The summed E-state index contributed by atoms with van der Waals surface area (Å²) < 4.78 is 6.00. The van der Waals surface area contributed by atoms with Crippen LogP contribution in [0.5, 0.6) is 5.75 Å². The van der Waals surface area contributed by atoms with Crippen LogP contribution in [0.1, 0.15) is 82.4 Å². The molecule has 0 saturated heterocycles. The highest BCUT2D eigenvalue weighted by atomic mass is 35.5. The molecule has 182 valence electrons. The first kappa shape index (κ1) is 27.4. The van der Waals surface area contributed by atoms with Gasteiger partial charge in [-0.15, -0.1) is 12.4 Å². The number of aliphatic hydroxyl groups is 1. The first-order valence-electron chi connectivity index (χ1n) is 12.2. The topological polar surface area (TPSA) is 49.8 Å². The van der Waals surface area contributed by atoms with E-state index in [0.29, 0.717) is 17.8 Å². The Morgan fingerprint density at radius 2 is 1.67 bits per heavy atom. The lowest BCUT2D eigenvalue weighted by atomic mass is 9.86. The number of halogens is 1. The fourth-order valence-corrected chi connectivity index (χ4v) is 4.99. The zero-order valence-electron chi connectivity index (χ0n) is 20.5. The molecule has 1 atom stereocenters. The quantitative estimate of drug-likeness (QED) is 0.323. The summed E-state index contributed by atoms with van der Waals surface area (Å²) in [4.78, 5) is 15.3. The molecule has 0 heterocycles. The van der Waals surface area contributed by atoms with E-state index in [1.54, 1.807) is 0 Å². The van der Waals surface area contributed by atoms with Gasteiger partial charge in [0, 0.05) is 23.6 Å². The number of carbonyl (C=O) groups excluding carboxylic acids is 1. The van der Waals surface area contributed by atoms with Gasteiger partial charge < -0.3 is 9.84 Å². The number of ether oxygens (including phenoxy) is 1. The first-order chi connectivity index (χ1) is 15.4. The van der Waals surface area contributed by atoms with E-state index in [9.17, 15) is 9.90 Å². The van der Waals surface area contributed by atoms with Crippen molar-refractivity contribution in [3.8, 4) is 5.75 Å². The van der Waals surface area contributed by atoms with E-state index in [1.165, 1.54) is 5.56 Å². The Balaban J connectivity index is 0.00000385. The molecule has 0 radical (unpaired) electrons. The normalized spacial score (nSPS) is 15.2. The summed E-state index contributed by atoms with van der Waals surface area (Å²) in [7, 11) is 0. The smallest absolute Gasteiger partial charge is 0.314 e. The van der Waals surface area contributed by atoms with Gasteiger partial charge >= 0.3 is 5.97 Å². The number of carbonyl (C=O) groups is 1. The van der Waals surface area contributed by atoms with Crippen LogP contribution < -0.4 is 4.74 Å². The van der Waals surface area contributed by atoms with Crippen LogP contribution in [-0.4, -0.2) is 34.6 Å². The second-order valence-electron chi connectivity index (χ2n) is 9.61. The molecule has 0 bridgehead atoms. The van der Waals surface area contributed by atoms with Gasteiger partial charge in [-0.05, 0) is 76.8 Å². The van der Waals surface area contributed by atoms with Gasteiger partial charge in [0.25, 0.3) is 0 Å². The number of nitrogens with zero attached hydrogens (tertiary/aromatic N) is 1. The fraction of sp³-hybridized carbons (Fsp3) is 0.536. The maximum Gasteiger partial charge on any atom is 0.314 e. The van der Waals surface area contributed by atoms with Gasteiger partial charge in [0.2, 0.25) is 0 Å². The zero-order valence-corrected chi connectivity index (χ0v) is 21.3. The molecule has 2 aromatic rings. The maximum atomic E-state index is 12.8. The lowest BCUT2D eigenvalue weighted by molar-refractivity contribution is -0.138. The van der Waals surface area contributed by atoms with E-state index in [2.05, 4.69) is 56.9 Å². The summed E-state index contributed by atoms with van der Waals surface area (Å²) in [5.74, 6) is 0.605. The molecule has 1 saturated carbocycles. The molecule has 1 aliphatic carbocycles. The second kappa shape index (κ2) is 13.1. The predicted octanol–water partition coefficient (Wildman–Crippen LogP) is 6.34. The summed E-state index contributed by atoms with van der Waals surface area (Å²) >= 11 is 0. The van der Waals surface area contributed by atoms with Crippen LogP contribution in [0.15, 0.2) is 48.5 Å². The number of hydrogen-bond donors (Lipinski definition) is 1. The van der Waals surface area contributed by atoms with Crippen molar-refractivity contribution in [2.45, 2.75) is 84.4 Å². The highest BCUT2D eigenvalue weighted by Crippen LogP contribution is 2.37. The summed E-state index contributed by atoms with van der Waals surface area (Å²) in [6.07, 6.45) is 4.95. The van der Waals surface area contributed by atoms with Gasteiger partial charge in [-0.2, -0.15) is 0 Å². The van der Waals surface area contributed by atoms with Crippen LogP contribution in [0.25, 0.3) is 0 Å². The van der Waals surface area contributed by atoms with Gasteiger partial charge in [-0.25, -0.2) is 0 Å². The molecule has 0 aliphatic heterocycles. The first-order valence-corrected chi connectivity index (χ1v) is 12.2. The Hall–Kier alpha value is -1.88. The van der Waals surface area contributed by atoms with Crippen molar-refractivity contribution in [2.24, 2.45) is 5.92 Å². The van der Waals surface area contributed by atoms with Gasteiger partial charge in [-0.3, -0.25) is 9.69 Å². The van der Waals surface area contributed by atoms with E-state index >= 15 is 0 Å². The molecule has 33 heavy (non-hydrogen) atoms. The highest BCUT2D eigenvalue weighted by molar-refractivity contribution is 5.85. The van der Waals surface area contributed by atoms with Crippen LogP contribution >= 0.6 is 12.4 Å². The Morgan fingerprint density at radius 3 is 2.24 bits per heavy atom. The standard InChI is InChI=1S/C28H39NO3.ClH/c1-20(2)29(21(3)4)17-16-25(23-10-6-5-7-11-23)26-18-22(19-30)14-15-27(26)32-28(31)24-12-8-9-13-24;/h5-7,10-11,14-15,18,20-21,24-25,30H,8-9,12-13,16-17,19H2,1-4H3;1H. The monoisotopic (exact) mass is 473 g/mol. The molecule has 1 unspecified atom stereocenters. The summed E-state index contributed by atoms with van der Waals surface area (Å²) in [6, 6.07) is 17.1. The van der Waals surface area contributed by atoms with E-state index in [4.69, 9.17) is 4.74 Å². The minimum absolute atomic E-state index is 0. The van der Waals surface area contributed by atoms with Crippen LogP contribution in [0.2, 0.25) is 0 Å². The van der Waals surface area contributed by atoms with Crippen molar-refractivity contribution in [1.82, 2.24) is 4.90 Å². The highest BCUT2D eigenvalue weighted by Gasteiger charge is 2.27.